The summed E-state index contributed by atoms with van der Waals surface area (Å²) < 4.78 is 5.51. The van der Waals surface area contributed by atoms with Crippen LogP contribution < -0.4 is 10.6 Å². The van der Waals surface area contributed by atoms with Gasteiger partial charge in [-0.05, 0) is 44.6 Å². The Labute approximate surface area is 183 Å². The minimum atomic E-state index is -0.250. The van der Waals surface area contributed by atoms with E-state index in [1.165, 1.54) is 24.8 Å². The van der Waals surface area contributed by atoms with E-state index in [0.29, 0.717) is 17.7 Å². The first-order valence-electron chi connectivity index (χ1n) is 10.6. The third-order valence-corrected chi connectivity index (χ3v) is 5.51. The molecule has 3 N–H and O–H groups in total. The molecule has 6 nitrogen and oxygen atoms in total. The highest BCUT2D eigenvalue weighted by molar-refractivity contribution is 6.04. The molecule has 0 aliphatic heterocycles. The fraction of sp³-hybridized carbons (Fsp3) is 0.360. The summed E-state index contributed by atoms with van der Waals surface area (Å²) in [6, 6.07) is 18.2. The maximum absolute atomic E-state index is 12.8. The fourth-order valence-corrected chi connectivity index (χ4v) is 4.10. The normalized spacial score (nSPS) is 14.4. The SMILES string of the molecule is CNC.O=C(NCC1(c2ccccc2)CCCCC1)c1cccc2ccoc12.O=CO. The van der Waals surface area contributed by atoms with Crippen molar-refractivity contribution >= 4 is 23.3 Å². The maximum Gasteiger partial charge on any atom is 0.290 e. The van der Waals surface area contributed by atoms with Crippen molar-refractivity contribution in [3.63, 3.8) is 0 Å². The number of amides is 1. The number of fused-ring (bicyclic) bond motifs is 1. The molecule has 1 aromatic heterocycles. The average Bonchev–Trinajstić information content (AvgIpc) is 3.29. The molecular weight excluding hydrogens is 392 g/mol. The van der Waals surface area contributed by atoms with Crippen LogP contribution in [0.4, 0.5) is 0 Å². The number of furan rings is 1. The largest absolute Gasteiger partial charge is 0.483 e. The van der Waals surface area contributed by atoms with Gasteiger partial charge in [0.1, 0.15) is 5.58 Å². The van der Waals surface area contributed by atoms with E-state index in [1.807, 2.05) is 38.4 Å². The first-order valence-corrected chi connectivity index (χ1v) is 10.6. The van der Waals surface area contributed by atoms with Crippen LogP contribution in [-0.2, 0) is 10.2 Å². The summed E-state index contributed by atoms with van der Waals surface area (Å²) in [5, 5.41) is 13.8. The summed E-state index contributed by atoms with van der Waals surface area (Å²) in [6.45, 7) is 0.424. The summed E-state index contributed by atoms with van der Waals surface area (Å²) >= 11 is 0. The third kappa shape index (κ3) is 6.43. The lowest BCUT2D eigenvalue weighted by atomic mass is 9.69. The number of rotatable bonds is 4. The van der Waals surface area contributed by atoms with E-state index >= 15 is 0 Å². The van der Waals surface area contributed by atoms with Crippen molar-refractivity contribution in [3.8, 4) is 0 Å². The van der Waals surface area contributed by atoms with Crippen LogP contribution in [0.15, 0.2) is 65.3 Å². The van der Waals surface area contributed by atoms with Crippen LogP contribution in [0.3, 0.4) is 0 Å². The summed E-state index contributed by atoms with van der Waals surface area (Å²) in [5.41, 5.74) is 2.66. The highest BCUT2D eigenvalue weighted by Gasteiger charge is 2.34. The Bertz CT molecular complexity index is 931. The van der Waals surface area contributed by atoms with Gasteiger partial charge < -0.3 is 20.2 Å². The minimum absolute atomic E-state index is 0.0478. The van der Waals surface area contributed by atoms with Gasteiger partial charge in [0.05, 0.1) is 11.8 Å². The van der Waals surface area contributed by atoms with Crippen LogP contribution in [0.5, 0.6) is 0 Å². The first kappa shape index (κ1) is 24.2. The van der Waals surface area contributed by atoms with E-state index in [-0.39, 0.29) is 17.8 Å². The highest BCUT2D eigenvalue weighted by Crippen LogP contribution is 2.39. The molecule has 1 amide bonds. The molecule has 1 aliphatic rings. The molecule has 4 rings (SSSR count). The maximum atomic E-state index is 12.8. The average molecular weight is 425 g/mol. The Morgan fingerprint density at radius 2 is 1.68 bits per heavy atom. The van der Waals surface area contributed by atoms with E-state index < -0.39 is 0 Å². The summed E-state index contributed by atoms with van der Waals surface area (Å²) in [5.74, 6) is -0.0542. The zero-order chi connectivity index (χ0) is 22.5. The van der Waals surface area contributed by atoms with E-state index in [2.05, 4.69) is 41.0 Å². The number of hydrogen-bond acceptors (Lipinski definition) is 4. The lowest BCUT2D eigenvalue weighted by Gasteiger charge is -2.38. The summed E-state index contributed by atoms with van der Waals surface area (Å²) in [6.07, 6.45) is 7.61. The molecule has 2 aromatic carbocycles. The Balaban J connectivity index is 0.000000513. The molecule has 31 heavy (non-hydrogen) atoms. The van der Waals surface area contributed by atoms with Crippen molar-refractivity contribution < 1.29 is 19.1 Å². The van der Waals surface area contributed by atoms with E-state index in [4.69, 9.17) is 14.3 Å². The van der Waals surface area contributed by atoms with Crippen molar-refractivity contribution in [2.24, 2.45) is 0 Å². The molecule has 1 aliphatic carbocycles. The van der Waals surface area contributed by atoms with Gasteiger partial charge >= 0.3 is 0 Å². The van der Waals surface area contributed by atoms with Gasteiger partial charge in [-0.2, -0.15) is 0 Å². The Morgan fingerprint density at radius 1 is 1.03 bits per heavy atom. The molecule has 0 spiro atoms. The van der Waals surface area contributed by atoms with Crippen LogP contribution in [-0.4, -0.2) is 38.1 Å². The molecule has 1 fully saturated rings. The quantitative estimate of drug-likeness (QED) is 0.533. The number of carbonyl (C=O) groups is 2. The van der Waals surface area contributed by atoms with Gasteiger partial charge in [0, 0.05) is 17.3 Å². The topological polar surface area (TPSA) is 91.6 Å². The lowest BCUT2D eigenvalue weighted by Crippen LogP contribution is -2.42. The predicted octanol–water partition coefficient (Wildman–Crippen LogP) is 4.60. The molecule has 1 heterocycles. The Hall–Kier alpha value is -3.12. The van der Waals surface area contributed by atoms with Gasteiger partial charge in [-0.25, -0.2) is 0 Å². The second-order valence-electron chi connectivity index (χ2n) is 7.64. The van der Waals surface area contributed by atoms with Crippen LogP contribution >= 0.6 is 0 Å². The number of carboxylic acid groups (broad SMARTS) is 1. The first-order chi connectivity index (χ1) is 15.1. The third-order valence-electron chi connectivity index (χ3n) is 5.51. The second-order valence-corrected chi connectivity index (χ2v) is 7.64. The van der Waals surface area contributed by atoms with Crippen LogP contribution in [0.1, 0.15) is 48.0 Å². The molecule has 0 saturated heterocycles. The van der Waals surface area contributed by atoms with Crippen molar-refractivity contribution in [1.29, 1.82) is 0 Å². The molecule has 0 atom stereocenters. The molecule has 3 aromatic rings. The number of carbonyl (C=O) groups excluding carboxylic acids is 1. The van der Waals surface area contributed by atoms with Gasteiger partial charge in [0.2, 0.25) is 0 Å². The minimum Gasteiger partial charge on any atom is -0.483 e. The van der Waals surface area contributed by atoms with Gasteiger partial charge in [-0.15, -0.1) is 0 Å². The summed E-state index contributed by atoms with van der Waals surface area (Å²) in [4.78, 5) is 21.2. The fourth-order valence-electron chi connectivity index (χ4n) is 4.10. The number of benzene rings is 2. The highest BCUT2D eigenvalue weighted by atomic mass is 16.3. The number of para-hydroxylation sites is 1. The molecular formula is C25H32N2O4. The zero-order valence-corrected chi connectivity index (χ0v) is 18.3. The molecule has 6 heteroatoms. The van der Waals surface area contributed by atoms with Gasteiger partial charge in [-0.1, -0.05) is 61.7 Å². The van der Waals surface area contributed by atoms with Gasteiger partial charge in [0.25, 0.3) is 12.4 Å². The smallest absolute Gasteiger partial charge is 0.290 e. The van der Waals surface area contributed by atoms with Crippen molar-refractivity contribution in [3.05, 3.63) is 72.0 Å². The van der Waals surface area contributed by atoms with E-state index in [0.717, 1.165) is 18.2 Å². The van der Waals surface area contributed by atoms with Gasteiger partial charge in [-0.3, -0.25) is 9.59 Å². The van der Waals surface area contributed by atoms with Crippen LogP contribution in [0, 0.1) is 0 Å². The van der Waals surface area contributed by atoms with Crippen LogP contribution in [0.2, 0.25) is 0 Å². The standard InChI is InChI=1S/C22H23NO2.C2H7N.CH2O2/c24-21(19-11-7-8-17-12-15-25-20(17)19)23-16-22(13-5-2-6-14-22)18-9-3-1-4-10-18;1-3-2;2-1-3/h1,3-4,7-12,15H,2,5-6,13-14,16H2,(H,23,24);3H,1-2H3;1H,(H,2,3). The number of nitrogens with one attached hydrogen (secondary N) is 2. The molecule has 0 unspecified atom stereocenters. The Kier molecular flexibility index (Phi) is 9.78. The second kappa shape index (κ2) is 12.5. The van der Waals surface area contributed by atoms with Crippen molar-refractivity contribution in [1.82, 2.24) is 10.6 Å². The van der Waals surface area contributed by atoms with Crippen LogP contribution in [0.25, 0.3) is 11.0 Å². The Morgan fingerprint density at radius 3 is 2.32 bits per heavy atom. The molecule has 0 radical (unpaired) electrons. The lowest BCUT2D eigenvalue weighted by molar-refractivity contribution is -0.122. The van der Waals surface area contributed by atoms with Crippen molar-refractivity contribution in [2.45, 2.75) is 37.5 Å². The van der Waals surface area contributed by atoms with E-state index in [1.54, 1.807) is 6.26 Å². The van der Waals surface area contributed by atoms with Gasteiger partial charge in [0.15, 0.2) is 0 Å². The molecule has 0 bridgehead atoms. The number of hydrogen-bond donors (Lipinski definition) is 3. The molecule has 166 valence electrons. The zero-order valence-electron chi connectivity index (χ0n) is 18.3. The van der Waals surface area contributed by atoms with Crippen molar-refractivity contribution in [2.75, 3.05) is 20.6 Å². The summed E-state index contributed by atoms with van der Waals surface area (Å²) in [7, 11) is 3.75. The monoisotopic (exact) mass is 424 g/mol. The van der Waals surface area contributed by atoms with E-state index in [9.17, 15) is 4.79 Å². The predicted molar refractivity (Wildman–Crippen MR) is 123 cm³/mol. The molecule has 1 saturated carbocycles.